The largest absolute Gasteiger partial charge is 0.442 e. The van der Waals surface area contributed by atoms with Crippen molar-refractivity contribution in [2.75, 3.05) is 11.9 Å². The third-order valence-electron chi connectivity index (χ3n) is 3.30. The van der Waals surface area contributed by atoms with Gasteiger partial charge >= 0.3 is 0 Å². The van der Waals surface area contributed by atoms with Crippen molar-refractivity contribution in [3.63, 3.8) is 0 Å². The zero-order valence-corrected chi connectivity index (χ0v) is 12.4. The van der Waals surface area contributed by atoms with Crippen molar-refractivity contribution in [1.82, 2.24) is 20.3 Å². The maximum atomic E-state index is 4.30. The Labute approximate surface area is 120 Å². The number of hydrogen-bond donors (Lipinski definition) is 2. The minimum Gasteiger partial charge on any atom is -0.442 e. The van der Waals surface area contributed by atoms with Crippen LogP contribution in [0.1, 0.15) is 19.8 Å². The fourth-order valence-corrected chi connectivity index (χ4v) is 2.26. The van der Waals surface area contributed by atoms with Crippen molar-refractivity contribution in [3.05, 3.63) is 18.6 Å². The summed E-state index contributed by atoms with van der Waals surface area (Å²) in [5.74, 6) is 0.897. The van der Waals surface area contributed by atoms with Crippen LogP contribution in [-0.4, -0.2) is 28.6 Å². The van der Waals surface area contributed by atoms with E-state index >= 15 is 0 Å². The van der Waals surface area contributed by atoms with E-state index in [1.54, 1.807) is 12.5 Å². The number of fused-ring (bicyclic) bond motifs is 1. The molecule has 0 unspecified atom stereocenters. The molecule has 0 spiro atoms. The van der Waals surface area contributed by atoms with Gasteiger partial charge in [0.05, 0.1) is 0 Å². The Hall–Kier alpha value is -0.932. The first-order valence-corrected chi connectivity index (χ1v) is 6.05. The van der Waals surface area contributed by atoms with Gasteiger partial charge in [0.1, 0.15) is 5.82 Å². The van der Waals surface area contributed by atoms with E-state index in [1.807, 2.05) is 6.07 Å². The molecule has 2 N–H and O–H groups in total. The molecule has 0 saturated carbocycles. The normalized spacial score (nSPS) is 23.6. The topological polar surface area (TPSA) is 63.9 Å². The van der Waals surface area contributed by atoms with Crippen LogP contribution in [0, 0.1) is 0 Å². The minimum absolute atomic E-state index is 0. The summed E-state index contributed by atoms with van der Waals surface area (Å²) in [5.41, 5.74) is 0.764. The van der Waals surface area contributed by atoms with Gasteiger partial charge in [0.15, 0.2) is 0 Å². The summed E-state index contributed by atoms with van der Waals surface area (Å²) < 4.78 is 0. The average Bonchev–Trinajstić information content (AvgIpc) is 2.81. The van der Waals surface area contributed by atoms with E-state index in [9.17, 15) is 0 Å². The third kappa shape index (κ3) is 2.73. The Morgan fingerprint density at radius 3 is 3.06 bits per heavy atom. The Morgan fingerprint density at radius 1 is 1.39 bits per heavy atom. The molecular weight excluding hydrogens is 409 g/mol. The van der Waals surface area contributed by atoms with Crippen LogP contribution in [0.5, 0.6) is 0 Å². The number of rotatable bonds is 2. The molecule has 0 radical (unpaired) electrons. The Bertz CT molecular complexity index is 504. The Balaban J connectivity index is 0.00000120. The molecule has 1 fully saturated rings. The fourth-order valence-electron chi connectivity index (χ4n) is 2.26. The van der Waals surface area contributed by atoms with Gasteiger partial charge in [0, 0.05) is 51.4 Å². The second kappa shape index (κ2) is 5.81. The summed E-state index contributed by atoms with van der Waals surface area (Å²) in [4.78, 5) is 12.6. The standard InChI is InChI=1S/C12H16N5.Pt/c1-8-2-3-9(6-14-8)17-12-10-4-5-13-11(10)15-7-16-12;/h4-5,7-9,14H,2-3,6H2,1H3,(H-,13,15,16,17);/q-1;/t8-,9+;/m0./s1. The Morgan fingerprint density at radius 2 is 2.28 bits per heavy atom. The van der Waals surface area contributed by atoms with Gasteiger partial charge in [-0.2, -0.15) is 0 Å². The van der Waals surface area contributed by atoms with Gasteiger partial charge in [-0.05, 0) is 25.4 Å². The predicted molar refractivity (Wildman–Crippen MR) is 67.0 cm³/mol. The van der Waals surface area contributed by atoms with Gasteiger partial charge in [0.25, 0.3) is 0 Å². The molecular formula is C12H16N5Pt-. The molecule has 3 heterocycles. The molecule has 3 rings (SSSR count). The Kier molecular flexibility index (Phi) is 4.35. The van der Waals surface area contributed by atoms with Crippen LogP contribution in [0.3, 0.4) is 0 Å². The van der Waals surface area contributed by atoms with Gasteiger partial charge < -0.3 is 20.6 Å². The molecule has 2 aromatic heterocycles. The summed E-state index contributed by atoms with van der Waals surface area (Å²) in [6.07, 6.45) is 5.71. The second-order valence-electron chi connectivity index (χ2n) is 4.63. The van der Waals surface area contributed by atoms with Gasteiger partial charge in [-0.15, -0.1) is 0 Å². The molecule has 0 aromatic carbocycles. The molecule has 0 amide bonds. The number of aromatic nitrogens is 3. The van der Waals surface area contributed by atoms with Crippen molar-refractivity contribution in [2.24, 2.45) is 0 Å². The predicted octanol–water partition coefficient (Wildman–Crippen LogP) is 1.14. The minimum atomic E-state index is 0. The van der Waals surface area contributed by atoms with E-state index in [-0.39, 0.29) is 21.1 Å². The zero-order chi connectivity index (χ0) is 11.7. The van der Waals surface area contributed by atoms with Gasteiger partial charge in [-0.1, -0.05) is 12.3 Å². The summed E-state index contributed by atoms with van der Waals surface area (Å²) in [7, 11) is 0. The summed E-state index contributed by atoms with van der Waals surface area (Å²) in [6, 6.07) is 3.02. The quantitative estimate of drug-likeness (QED) is 0.756. The SMILES string of the molecule is C[C@H]1CC[C@@H](Nc2ncnc3[n-]ccc23)CN1.[Pt]. The van der Waals surface area contributed by atoms with Crippen LogP contribution in [0.4, 0.5) is 5.82 Å². The maximum absolute atomic E-state index is 4.30. The van der Waals surface area contributed by atoms with Crippen LogP contribution in [0.15, 0.2) is 18.6 Å². The van der Waals surface area contributed by atoms with Crippen LogP contribution in [-0.2, 0) is 21.1 Å². The van der Waals surface area contributed by atoms with E-state index in [4.69, 9.17) is 0 Å². The molecule has 2 aromatic rings. The molecule has 0 bridgehead atoms. The molecule has 1 aliphatic heterocycles. The van der Waals surface area contributed by atoms with Crippen molar-refractivity contribution in [3.8, 4) is 0 Å². The molecule has 1 aliphatic rings. The maximum Gasteiger partial charge on any atom is 0.132 e. The van der Waals surface area contributed by atoms with Gasteiger partial charge in [-0.25, -0.2) is 4.98 Å². The summed E-state index contributed by atoms with van der Waals surface area (Å²) in [6.45, 7) is 3.21. The fraction of sp³-hybridized carbons (Fsp3) is 0.500. The second-order valence-corrected chi connectivity index (χ2v) is 4.63. The van der Waals surface area contributed by atoms with E-state index in [0.717, 1.165) is 23.4 Å². The van der Waals surface area contributed by atoms with Crippen LogP contribution < -0.4 is 15.6 Å². The monoisotopic (exact) mass is 425 g/mol. The summed E-state index contributed by atoms with van der Waals surface area (Å²) >= 11 is 0. The first kappa shape index (κ1) is 13.5. The molecule has 1 saturated heterocycles. The van der Waals surface area contributed by atoms with Crippen LogP contribution in [0.25, 0.3) is 11.0 Å². The van der Waals surface area contributed by atoms with Crippen LogP contribution in [0.2, 0.25) is 0 Å². The molecule has 100 valence electrons. The van der Waals surface area contributed by atoms with Crippen LogP contribution >= 0.6 is 0 Å². The number of piperidine rings is 1. The van der Waals surface area contributed by atoms with Crippen molar-refractivity contribution < 1.29 is 21.1 Å². The smallest absolute Gasteiger partial charge is 0.132 e. The molecule has 5 nitrogen and oxygen atoms in total. The summed E-state index contributed by atoms with van der Waals surface area (Å²) in [5, 5.41) is 7.96. The first-order valence-electron chi connectivity index (χ1n) is 6.05. The van der Waals surface area contributed by atoms with Crippen molar-refractivity contribution >= 4 is 16.9 Å². The average molecular weight is 425 g/mol. The molecule has 2 atom stereocenters. The number of nitrogens with zero attached hydrogens (tertiary/aromatic N) is 3. The van der Waals surface area contributed by atoms with Gasteiger partial charge in [-0.3, -0.25) is 0 Å². The van der Waals surface area contributed by atoms with Crippen molar-refractivity contribution in [2.45, 2.75) is 31.8 Å². The van der Waals surface area contributed by atoms with E-state index in [1.165, 1.54) is 12.8 Å². The van der Waals surface area contributed by atoms with Crippen molar-refractivity contribution in [1.29, 1.82) is 0 Å². The number of anilines is 1. The van der Waals surface area contributed by atoms with E-state index < -0.39 is 0 Å². The molecule has 0 aliphatic carbocycles. The van der Waals surface area contributed by atoms with E-state index in [2.05, 4.69) is 32.5 Å². The third-order valence-corrected chi connectivity index (χ3v) is 3.30. The zero-order valence-electron chi connectivity index (χ0n) is 10.2. The van der Waals surface area contributed by atoms with Gasteiger partial charge in [0.2, 0.25) is 0 Å². The number of nitrogens with one attached hydrogen (secondary N) is 2. The van der Waals surface area contributed by atoms with E-state index in [0.29, 0.717) is 12.1 Å². The molecule has 18 heavy (non-hydrogen) atoms. The molecule has 6 heteroatoms. The first-order chi connectivity index (χ1) is 8.33. The number of hydrogen-bond acceptors (Lipinski definition) is 4.